The molecule has 1 aliphatic rings. The van der Waals surface area contributed by atoms with E-state index in [0.29, 0.717) is 12.4 Å². The summed E-state index contributed by atoms with van der Waals surface area (Å²) in [6.07, 6.45) is 3.70. The third-order valence-electron chi connectivity index (χ3n) is 3.64. The topological polar surface area (TPSA) is 67.6 Å². The summed E-state index contributed by atoms with van der Waals surface area (Å²) >= 11 is 0. The molecule has 0 radical (unpaired) electrons. The highest BCUT2D eigenvalue weighted by atomic mass is 16.6. The second-order valence-corrected chi connectivity index (χ2v) is 5.20. The van der Waals surface area contributed by atoms with Gasteiger partial charge in [0.1, 0.15) is 0 Å². The van der Waals surface area contributed by atoms with Gasteiger partial charge in [-0.2, -0.15) is 0 Å². The Morgan fingerprint density at radius 1 is 1.38 bits per heavy atom. The van der Waals surface area contributed by atoms with Crippen molar-refractivity contribution in [2.24, 2.45) is 0 Å². The summed E-state index contributed by atoms with van der Waals surface area (Å²) in [5.41, 5.74) is 0.880. The van der Waals surface area contributed by atoms with Gasteiger partial charge in [-0.3, -0.25) is 10.1 Å². The molecule has 2 rings (SSSR count). The van der Waals surface area contributed by atoms with Gasteiger partial charge in [0.05, 0.1) is 11.5 Å². The fourth-order valence-electron chi connectivity index (χ4n) is 2.59. The lowest BCUT2D eigenvalue weighted by molar-refractivity contribution is -0.385. The van der Waals surface area contributed by atoms with Gasteiger partial charge in [-0.15, -0.1) is 0 Å². The first-order valence-corrected chi connectivity index (χ1v) is 7.58. The molecule has 0 bridgehead atoms. The van der Waals surface area contributed by atoms with Crippen LogP contribution in [0.2, 0.25) is 0 Å². The van der Waals surface area contributed by atoms with Crippen molar-refractivity contribution in [3.63, 3.8) is 0 Å². The Kier molecular flexibility index (Phi) is 5.80. The fraction of sp³-hybridized carbons (Fsp3) is 0.600. The van der Waals surface area contributed by atoms with Crippen LogP contribution in [0.15, 0.2) is 18.2 Å². The number of nitrogens with zero attached hydrogens (tertiary/aromatic N) is 2. The molecule has 0 atom stereocenters. The molecule has 1 aromatic rings. The predicted molar refractivity (Wildman–Crippen MR) is 83.0 cm³/mol. The van der Waals surface area contributed by atoms with Gasteiger partial charge in [0.25, 0.3) is 0 Å². The van der Waals surface area contributed by atoms with E-state index in [0.717, 1.165) is 25.2 Å². The SMILES string of the molecule is CCOc1cc(NCCCN2CCCC2)ccc1[N+](=O)[O-]. The van der Waals surface area contributed by atoms with Crippen LogP contribution in [0.1, 0.15) is 26.2 Å². The molecule has 21 heavy (non-hydrogen) atoms. The van der Waals surface area contributed by atoms with Crippen molar-refractivity contribution < 1.29 is 9.66 Å². The lowest BCUT2D eigenvalue weighted by atomic mass is 10.2. The monoisotopic (exact) mass is 293 g/mol. The summed E-state index contributed by atoms with van der Waals surface area (Å²) in [7, 11) is 0. The lowest BCUT2D eigenvalue weighted by Crippen LogP contribution is -2.22. The van der Waals surface area contributed by atoms with Crippen molar-refractivity contribution in [3.8, 4) is 5.75 Å². The van der Waals surface area contributed by atoms with E-state index in [4.69, 9.17) is 4.74 Å². The van der Waals surface area contributed by atoms with E-state index in [2.05, 4.69) is 10.2 Å². The number of nitrogens with one attached hydrogen (secondary N) is 1. The molecule has 1 heterocycles. The van der Waals surface area contributed by atoms with Gasteiger partial charge < -0.3 is 15.0 Å². The highest BCUT2D eigenvalue weighted by Gasteiger charge is 2.15. The van der Waals surface area contributed by atoms with Crippen LogP contribution < -0.4 is 10.1 Å². The zero-order chi connectivity index (χ0) is 15.1. The van der Waals surface area contributed by atoms with Crippen molar-refractivity contribution in [3.05, 3.63) is 28.3 Å². The van der Waals surface area contributed by atoms with Crippen LogP contribution in [0.3, 0.4) is 0 Å². The van der Waals surface area contributed by atoms with E-state index in [9.17, 15) is 10.1 Å². The van der Waals surface area contributed by atoms with Gasteiger partial charge in [-0.05, 0) is 51.9 Å². The Morgan fingerprint density at radius 3 is 2.81 bits per heavy atom. The fourth-order valence-corrected chi connectivity index (χ4v) is 2.59. The molecule has 1 N–H and O–H groups in total. The summed E-state index contributed by atoms with van der Waals surface area (Å²) in [5, 5.41) is 14.2. The zero-order valence-corrected chi connectivity index (χ0v) is 12.5. The largest absolute Gasteiger partial charge is 0.487 e. The molecule has 0 saturated carbocycles. The molecule has 0 aromatic heterocycles. The molecule has 6 heteroatoms. The summed E-state index contributed by atoms with van der Waals surface area (Å²) in [5.74, 6) is 0.326. The number of benzene rings is 1. The van der Waals surface area contributed by atoms with E-state index < -0.39 is 4.92 Å². The molecule has 6 nitrogen and oxygen atoms in total. The standard InChI is InChI=1S/C15H23N3O3/c1-2-21-15-12-13(6-7-14(15)18(19)20)16-8-5-11-17-9-3-4-10-17/h6-7,12,16H,2-5,8-11H2,1H3. The molecule has 1 aromatic carbocycles. The lowest BCUT2D eigenvalue weighted by Gasteiger charge is -2.15. The van der Waals surface area contributed by atoms with Crippen molar-refractivity contribution >= 4 is 11.4 Å². The van der Waals surface area contributed by atoms with E-state index in [1.54, 1.807) is 12.1 Å². The molecule has 0 amide bonds. The summed E-state index contributed by atoms with van der Waals surface area (Å²) < 4.78 is 5.34. The van der Waals surface area contributed by atoms with Crippen LogP contribution in [0.5, 0.6) is 5.75 Å². The first-order valence-electron chi connectivity index (χ1n) is 7.58. The minimum Gasteiger partial charge on any atom is -0.487 e. The van der Waals surface area contributed by atoms with E-state index in [1.807, 2.05) is 6.92 Å². The molecular formula is C15H23N3O3. The molecular weight excluding hydrogens is 270 g/mol. The third kappa shape index (κ3) is 4.60. The van der Waals surface area contributed by atoms with Crippen LogP contribution in [-0.2, 0) is 0 Å². The molecule has 0 spiro atoms. The molecule has 1 fully saturated rings. The van der Waals surface area contributed by atoms with Gasteiger partial charge in [0.15, 0.2) is 5.75 Å². The Hall–Kier alpha value is -1.82. The molecule has 1 aliphatic heterocycles. The number of nitro groups is 1. The highest BCUT2D eigenvalue weighted by molar-refractivity contribution is 5.57. The molecule has 116 valence electrons. The minimum atomic E-state index is -0.415. The van der Waals surface area contributed by atoms with Crippen LogP contribution in [0.25, 0.3) is 0 Å². The average molecular weight is 293 g/mol. The van der Waals surface area contributed by atoms with Crippen LogP contribution in [0.4, 0.5) is 11.4 Å². The number of hydrogen-bond acceptors (Lipinski definition) is 5. The Balaban J connectivity index is 1.84. The van der Waals surface area contributed by atoms with Crippen LogP contribution >= 0.6 is 0 Å². The number of likely N-dealkylation sites (tertiary alicyclic amines) is 1. The third-order valence-corrected chi connectivity index (χ3v) is 3.64. The first kappa shape index (κ1) is 15.6. The summed E-state index contributed by atoms with van der Waals surface area (Å²) in [6.45, 7) is 6.63. The minimum absolute atomic E-state index is 0.0134. The second-order valence-electron chi connectivity index (χ2n) is 5.20. The zero-order valence-electron chi connectivity index (χ0n) is 12.5. The van der Waals surface area contributed by atoms with Gasteiger partial charge in [-0.25, -0.2) is 0 Å². The maximum absolute atomic E-state index is 10.9. The average Bonchev–Trinajstić information content (AvgIpc) is 2.97. The Morgan fingerprint density at radius 2 is 2.14 bits per heavy atom. The number of nitro benzene ring substituents is 1. The van der Waals surface area contributed by atoms with Crippen molar-refractivity contribution in [2.75, 3.05) is 38.1 Å². The van der Waals surface area contributed by atoms with Crippen molar-refractivity contribution in [1.29, 1.82) is 0 Å². The molecule has 0 unspecified atom stereocenters. The van der Waals surface area contributed by atoms with Gasteiger partial charge >= 0.3 is 5.69 Å². The quantitative estimate of drug-likeness (QED) is 0.453. The normalized spacial score (nSPS) is 15.1. The van der Waals surface area contributed by atoms with Crippen LogP contribution in [0, 0.1) is 10.1 Å². The molecule has 1 saturated heterocycles. The van der Waals surface area contributed by atoms with E-state index >= 15 is 0 Å². The highest BCUT2D eigenvalue weighted by Crippen LogP contribution is 2.30. The maximum Gasteiger partial charge on any atom is 0.311 e. The second kappa shape index (κ2) is 7.83. The smallest absolute Gasteiger partial charge is 0.311 e. The van der Waals surface area contributed by atoms with E-state index in [1.165, 1.54) is 32.0 Å². The Bertz CT molecular complexity index is 473. The number of ether oxygens (including phenoxy) is 1. The van der Waals surface area contributed by atoms with Crippen LogP contribution in [-0.4, -0.2) is 42.6 Å². The molecule has 0 aliphatic carbocycles. The maximum atomic E-state index is 10.9. The van der Waals surface area contributed by atoms with Gasteiger partial charge in [0.2, 0.25) is 0 Å². The first-order chi connectivity index (χ1) is 10.2. The summed E-state index contributed by atoms with van der Waals surface area (Å²) in [6, 6.07) is 4.93. The Labute approximate surface area is 125 Å². The number of hydrogen-bond donors (Lipinski definition) is 1. The summed E-state index contributed by atoms with van der Waals surface area (Å²) in [4.78, 5) is 13.0. The van der Waals surface area contributed by atoms with Crippen molar-refractivity contribution in [2.45, 2.75) is 26.2 Å². The van der Waals surface area contributed by atoms with Gasteiger partial charge in [0, 0.05) is 24.4 Å². The van der Waals surface area contributed by atoms with Crippen molar-refractivity contribution in [1.82, 2.24) is 4.90 Å². The van der Waals surface area contributed by atoms with E-state index in [-0.39, 0.29) is 5.69 Å². The van der Waals surface area contributed by atoms with Gasteiger partial charge in [-0.1, -0.05) is 0 Å². The predicted octanol–water partition coefficient (Wildman–Crippen LogP) is 2.89. The number of rotatable bonds is 8. The number of anilines is 1.